The lowest BCUT2D eigenvalue weighted by molar-refractivity contribution is -0.118. The molecule has 134 valence electrons. The quantitative estimate of drug-likeness (QED) is 0.815. The molecule has 2 N–H and O–H groups in total. The molecule has 1 fully saturated rings. The summed E-state index contributed by atoms with van der Waals surface area (Å²) in [5, 5.41) is 7.51. The highest BCUT2D eigenvalue weighted by atomic mass is 35.5. The van der Waals surface area contributed by atoms with Gasteiger partial charge in [0, 0.05) is 30.7 Å². The van der Waals surface area contributed by atoms with Crippen LogP contribution >= 0.6 is 35.6 Å². The molecule has 1 unspecified atom stereocenters. The number of carbonyl (C=O) groups excluding carboxylic acids is 1. The average molecular weight is 401 g/mol. The van der Waals surface area contributed by atoms with E-state index >= 15 is 0 Å². The second kappa shape index (κ2) is 9.41. The number of rotatable bonds is 4. The number of hydrogen-bond acceptors (Lipinski definition) is 3. The van der Waals surface area contributed by atoms with Crippen molar-refractivity contribution in [1.29, 1.82) is 0 Å². The van der Waals surface area contributed by atoms with Crippen LogP contribution in [0.4, 0.5) is 5.69 Å². The highest BCUT2D eigenvalue weighted by Gasteiger charge is 2.25. The van der Waals surface area contributed by atoms with Gasteiger partial charge in [0.15, 0.2) is 0 Å². The van der Waals surface area contributed by atoms with Crippen LogP contribution in [0.2, 0.25) is 10.0 Å². The zero-order chi connectivity index (χ0) is 16.9. The predicted octanol–water partition coefficient (Wildman–Crippen LogP) is 4.00. The van der Waals surface area contributed by atoms with E-state index in [9.17, 15) is 4.79 Å². The fourth-order valence-corrected chi connectivity index (χ4v) is 3.30. The van der Waals surface area contributed by atoms with Gasteiger partial charge in [-0.3, -0.25) is 9.69 Å². The Morgan fingerprint density at radius 3 is 2.76 bits per heavy atom. The molecule has 3 rings (SSSR count). The lowest BCUT2D eigenvalue weighted by atomic mass is 10.0. The summed E-state index contributed by atoms with van der Waals surface area (Å²) >= 11 is 12.2. The van der Waals surface area contributed by atoms with E-state index < -0.39 is 0 Å². The normalized spacial score (nSPS) is 17.6. The lowest BCUT2D eigenvalue weighted by Crippen LogP contribution is -2.48. The van der Waals surface area contributed by atoms with Crippen LogP contribution in [-0.4, -0.2) is 37.0 Å². The molecule has 1 atom stereocenters. The molecule has 0 bridgehead atoms. The minimum absolute atomic E-state index is 0. The van der Waals surface area contributed by atoms with Gasteiger partial charge in [0.1, 0.15) is 0 Å². The van der Waals surface area contributed by atoms with Gasteiger partial charge in [0.2, 0.25) is 5.91 Å². The minimum Gasteiger partial charge on any atom is -0.324 e. The van der Waals surface area contributed by atoms with Crippen molar-refractivity contribution >= 4 is 47.2 Å². The summed E-state index contributed by atoms with van der Waals surface area (Å²) in [5.41, 5.74) is 1.75. The van der Waals surface area contributed by atoms with E-state index in [0.717, 1.165) is 25.2 Å². The molecule has 0 radical (unpaired) electrons. The van der Waals surface area contributed by atoms with Crippen LogP contribution in [-0.2, 0) is 4.79 Å². The van der Waals surface area contributed by atoms with Crippen LogP contribution in [0, 0.1) is 0 Å². The van der Waals surface area contributed by atoms with Crippen LogP contribution in [0.1, 0.15) is 11.6 Å². The van der Waals surface area contributed by atoms with E-state index in [-0.39, 0.29) is 24.4 Å². The molecule has 2 aromatic carbocycles. The van der Waals surface area contributed by atoms with E-state index in [2.05, 4.69) is 15.5 Å². The standard InChI is InChI=1S/C18H19Cl2N3O.ClH/c19-14-5-3-4-13(10-14)17-11-21-8-9-23(17)12-18(24)22-16-7-2-1-6-15(16)20;/h1-7,10,17,21H,8-9,11-12H2,(H,22,24);1H. The number of halogens is 3. The molecule has 1 saturated heterocycles. The number of anilines is 1. The Morgan fingerprint density at radius 2 is 2.00 bits per heavy atom. The number of nitrogens with zero attached hydrogens (tertiary/aromatic N) is 1. The first-order valence-corrected chi connectivity index (χ1v) is 8.63. The number of para-hydroxylation sites is 1. The third kappa shape index (κ3) is 5.33. The van der Waals surface area contributed by atoms with Gasteiger partial charge in [-0.2, -0.15) is 0 Å². The topological polar surface area (TPSA) is 44.4 Å². The first kappa shape index (κ1) is 20.0. The second-order valence-electron chi connectivity index (χ2n) is 5.77. The van der Waals surface area contributed by atoms with Crippen molar-refractivity contribution in [3.63, 3.8) is 0 Å². The Kier molecular flexibility index (Phi) is 7.54. The van der Waals surface area contributed by atoms with Gasteiger partial charge in [-0.05, 0) is 29.8 Å². The molecular formula is C18H20Cl3N3O. The molecule has 0 aromatic heterocycles. The van der Waals surface area contributed by atoms with E-state index in [0.29, 0.717) is 22.3 Å². The molecule has 2 aromatic rings. The minimum atomic E-state index is -0.0722. The molecule has 4 nitrogen and oxygen atoms in total. The summed E-state index contributed by atoms with van der Waals surface area (Å²) in [6.45, 7) is 2.76. The van der Waals surface area contributed by atoms with Gasteiger partial charge in [-0.1, -0.05) is 47.5 Å². The van der Waals surface area contributed by atoms with Crippen LogP contribution in [0.3, 0.4) is 0 Å². The Morgan fingerprint density at radius 1 is 1.20 bits per heavy atom. The van der Waals surface area contributed by atoms with Crippen LogP contribution < -0.4 is 10.6 Å². The molecule has 1 aliphatic rings. The number of carbonyl (C=O) groups is 1. The first-order chi connectivity index (χ1) is 11.6. The molecule has 0 spiro atoms. The maximum absolute atomic E-state index is 12.4. The first-order valence-electron chi connectivity index (χ1n) is 7.88. The van der Waals surface area contributed by atoms with E-state index in [1.165, 1.54) is 0 Å². The third-order valence-electron chi connectivity index (χ3n) is 4.08. The highest BCUT2D eigenvalue weighted by molar-refractivity contribution is 6.33. The van der Waals surface area contributed by atoms with Gasteiger partial charge in [-0.15, -0.1) is 12.4 Å². The van der Waals surface area contributed by atoms with Crippen LogP contribution in [0.5, 0.6) is 0 Å². The third-order valence-corrected chi connectivity index (χ3v) is 4.65. The molecule has 1 amide bonds. The van der Waals surface area contributed by atoms with Crippen molar-refractivity contribution in [2.75, 3.05) is 31.5 Å². The van der Waals surface area contributed by atoms with Gasteiger partial charge >= 0.3 is 0 Å². The summed E-state index contributed by atoms with van der Waals surface area (Å²) in [6.07, 6.45) is 0. The largest absolute Gasteiger partial charge is 0.324 e. The molecule has 7 heteroatoms. The Labute approximate surface area is 163 Å². The van der Waals surface area contributed by atoms with Crippen LogP contribution in [0.15, 0.2) is 48.5 Å². The number of amides is 1. The monoisotopic (exact) mass is 399 g/mol. The van der Waals surface area contributed by atoms with Crippen molar-refractivity contribution in [2.24, 2.45) is 0 Å². The van der Waals surface area contributed by atoms with Gasteiger partial charge < -0.3 is 10.6 Å². The zero-order valence-electron chi connectivity index (χ0n) is 13.5. The van der Waals surface area contributed by atoms with Crippen LogP contribution in [0.25, 0.3) is 0 Å². The molecule has 1 heterocycles. The SMILES string of the molecule is Cl.O=C(CN1CCNCC1c1cccc(Cl)c1)Nc1ccccc1Cl. The van der Waals surface area contributed by atoms with Crippen molar-refractivity contribution in [3.8, 4) is 0 Å². The Bertz CT molecular complexity index is 726. The average Bonchev–Trinajstić information content (AvgIpc) is 2.57. The van der Waals surface area contributed by atoms with E-state index in [1.54, 1.807) is 12.1 Å². The molecule has 25 heavy (non-hydrogen) atoms. The summed E-state index contributed by atoms with van der Waals surface area (Å²) in [7, 11) is 0. The maximum Gasteiger partial charge on any atom is 0.238 e. The smallest absolute Gasteiger partial charge is 0.238 e. The highest BCUT2D eigenvalue weighted by Crippen LogP contribution is 2.25. The van der Waals surface area contributed by atoms with Gasteiger partial charge in [-0.25, -0.2) is 0 Å². The van der Waals surface area contributed by atoms with Crippen molar-refractivity contribution in [1.82, 2.24) is 10.2 Å². The fourth-order valence-electron chi connectivity index (χ4n) is 2.91. The van der Waals surface area contributed by atoms with E-state index in [1.807, 2.05) is 36.4 Å². The number of hydrogen-bond donors (Lipinski definition) is 2. The zero-order valence-corrected chi connectivity index (χ0v) is 15.9. The fraction of sp³-hybridized carbons (Fsp3) is 0.278. The number of benzene rings is 2. The van der Waals surface area contributed by atoms with Crippen molar-refractivity contribution < 1.29 is 4.79 Å². The molecular weight excluding hydrogens is 381 g/mol. The van der Waals surface area contributed by atoms with Gasteiger partial charge in [0.05, 0.1) is 17.3 Å². The summed E-state index contributed by atoms with van der Waals surface area (Å²) < 4.78 is 0. The molecule has 1 aliphatic heterocycles. The number of piperazine rings is 1. The Balaban J connectivity index is 0.00000225. The summed E-state index contributed by atoms with van der Waals surface area (Å²) in [5.74, 6) is -0.0722. The van der Waals surface area contributed by atoms with Crippen molar-refractivity contribution in [2.45, 2.75) is 6.04 Å². The predicted molar refractivity (Wildman–Crippen MR) is 106 cm³/mol. The van der Waals surface area contributed by atoms with Crippen molar-refractivity contribution in [3.05, 3.63) is 64.1 Å². The van der Waals surface area contributed by atoms with E-state index in [4.69, 9.17) is 23.2 Å². The van der Waals surface area contributed by atoms with Gasteiger partial charge in [0.25, 0.3) is 0 Å². The number of nitrogens with one attached hydrogen (secondary N) is 2. The Hall–Kier alpha value is -1.30. The maximum atomic E-state index is 12.4. The summed E-state index contributed by atoms with van der Waals surface area (Å²) in [4.78, 5) is 14.6. The second-order valence-corrected chi connectivity index (χ2v) is 6.62. The lowest BCUT2D eigenvalue weighted by Gasteiger charge is -2.36. The summed E-state index contributed by atoms with van der Waals surface area (Å²) in [6, 6.07) is 15.2. The molecule has 0 saturated carbocycles. The molecule has 0 aliphatic carbocycles.